The maximum Gasteiger partial charge on any atom is 2.00 e. The van der Waals surface area contributed by atoms with E-state index in [9.17, 15) is 22.4 Å². The van der Waals surface area contributed by atoms with Gasteiger partial charge in [0, 0.05) is 40.1 Å². The number of pyridine rings is 2. The molecule has 0 saturated heterocycles. The van der Waals surface area contributed by atoms with Crippen molar-refractivity contribution in [1.82, 2.24) is 9.97 Å². The van der Waals surface area contributed by atoms with E-state index in [1.807, 2.05) is 0 Å². The molecule has 0 bridgehead atoms. The van der Waals surface area contributed by atoms with Gasteiger partial charge >= 0.3 is 21.1 Å². The van der Waals surface area contributed by atoms with Crippen LogP contribution in [-0.2, 0) is 26.5 Å². The Bertz CT molecular complexity index is 1740. The second-order valence-electron chi connectivity index (χ2n) is 8.67. The van der Waals surface area contributed by atoms with E-state index < -0.39 is 45.2 Å². The van der Waals surface area contributed by atoms with E-state index in [0.29, 0.717) is 0 Å². The Morgan fingerprint density at radius 1 is 0.923 bits per heavy atom. The summed E-state index contributed by atoms with van der Waals surface area (Å²) in [7, 11) is 1.36. The Balaban J connectivity index is 0.00000420. The summed E-state index contributed by atoms with van der Waals surface area (Å²) in [5, 5.41) is 18.2. The molecule has 6 nitrogen and oxygen atoms in total. The predicted molar refractivity (Wildman–Crippen MR) is 128 cm³/mol. The van der Waals surface area contributed by atoms with E-state index in [2.05, 4.69) is 22.1 Å². The van der Waals surface area contributed by atoms with Gasteiger partial charge in [0.15, 0.2) is 5.43 Å². The molecule has 2 aromatic carbocycles. The van der Waals surface area contributed by atoms with Gasteiger partial charge < -0.3 is 9.72 Å². The number of halogens is 4. The van der Waals surface area contributed by atoms with Gasteiger partial charge in [0.05, 0.1) is 42.5 Å². The van der Waals surface area contributed by atoms with Gasteiger partial charge in [-0.15, -0.1) is 24.3 Å². The van der Waals surface area contributed by atoms with Crippen molar-refractivity contribution in [2.24, 2.45) is 0 Å². The number of benzene rings is 2. The van der Waals surface area contributed by atoms with Crippen molar-refractivity contribution in [3.05, 3.63) is 105 Å². The number of ether oxygens (including phenoxy) is 1. The van der Waals surface area contributed by atoms with Crippen LogP contribution in [0.3, 0.4) is 0 Å². The molecule has 0 atom stereocenters. The summed E-state index contributed by atoms with van der Waals surface area (Å²) in [6, 6.07) is 14.6. The van der Waals surface area contributed by atoms with E-state index >= 15 is 0 Å². The van der Waals surface area contributed by atoms with E-state index in [4.69, 9.17) is 15.3 Å². The summed E-state index contributed by atoms with van der Waals surface area (Å²) in [6.07, 6.45) is 0. The second kappa shape index (κ2) is 11.2. The molecule has 0 aliphatic heterocycles. The zero-order chi connectivity index (χ0) is 27.8. The number of nitriles is 2. The van der Waals surface area contributed by atoms with E-state index in [0.717, 1.165) is 18.2 Å². The molecule has 4 aromatic rings. The largest absolute Gasteiger partial charge is 2.00 e. The fraction of sp³-hybridized carbons (Fsp3) is 0.143. The third-order valence-corrected chi connectivity index (χ3v) is 5.98. The van der Waals surface area contributed by atoms with Crippen LogP contribution in [0.25, 0.3) is 22.5 Å². The standard InChI is InChI=1S/C28H16F4N4O2.Pt/c1-28(2,24-9-14(37)8-22(35-24)16-4-6-20(29)18(12-33)26(16)31)25-11-15(38-3)10-23(36-25)17-5-7-21(30)19(13-34)27(17)32;/h6-11H,1-3H3,(H,35,37);/q-2;+2. The average molecular weight is 712 g/mol. The first-order valence-electron chi connectivity index (χ1n) is 10.9. The van der Waals surface area contributed by atoms with Crippen molar-refractivity contribution in [1.29, 1.82) is 10.5 Å². The van der Waals surface area contributed by atoms with Crippen LogP contribution in [0, 0.1) is 58.1 Å². The summed E-state index contributed by atoms with van der Waals surface area (Å²) >= 11 is 0. The molecule has 2 aromatic heterocycles. The van der Waals surface area contributed by atoms with Crippen molar-refractivity contribution in [2.45, 2.75) is 19.3 Å². The Hall–Kier alpha value is -4.27. The SMILES string of the molecule is COc1cc(-c2[c-]cc(F)c(C#N)c2F)nc(C(C)(C)c2cc(=O)cc(-c3[c-]cc(F)c(C#N)c3F)[nH]2)c1.[Pt+2]. The first kappa shape index (κ1) is 29.3. The molecule has 4 rings (SSSR count). The summed E-state index contributed by atoms with van der Waals surface area (Å²) in [5.41, 5.74) is -3.44. The molecule has 11 heteroatoms. The van der Waals surface area contributed by atoms with E-state index in [1.165, 1.54) is 37.4 Å². The van der Waals surface area contributed by atoms with Crippen LogP contribution in [-0.4, -0.2) is 17.1 Å². The van der Waals surface area contributed by atoms with Gasteiger partial charge in [0.25, 0.3) is 0 Å². The van der Waals surface area contributed by atoms with Gasteiger partial charge in [-0.2, -0.15) is 10.5 Å². The molecular weight excluding hydrogens is 695 g/mol. The number of hydrogen-bond donors (Lipinski definition) is 1. The number of methoxy groups -OCH3 is 1. The number of aromatic nitrogens is 2. The van der Waals surface area contributed by atoms with Crippen LogP contribution in [0.1, 0.15) is 36.4 Å². The third kappa shape index (κ3) is 5.34. The van der Waals surface area contributed by atoms with Crippen LogP contribution in [0.15, 0.2) is 41.2 Å². The minimum atomic E-state index is -1.18. The summed E-state index contributed by atoms with van der Waals surface area (Å²) < 4.78 is 62.7. The molecule has 0 amide bonds. The molecule has 0 aliphatic carbocycles. The fourth-order valence-electron chi connectivity index (χ4n) is 3.81. The van der Waals surface area contributed by atoms with Gasteiger partial charge in [0.2, 0.25) is 0 Å². The molecule has 0 fully saturated rings. The molecule has 0 radical (unpaired) electrons. The molecule has 198 valence electrons. The smallest absolute Gasteiger partial charge is 0.497 e. The zero-order valence-electron chi connectivity index (χ0n) is 20.5. The van der Waals surface area contributed by atoms with E-state index in [-0.39, 0.29) is 60.7 Å². The number of rotatable bonds is 5. The normalized spacial score (nSPS) is 10.8. The topological polar surface area (TPSA) is 103 Å². The van der Waals surface area contributed by atoms with Crippen LogP contribution in [0.5, 0.6) is 5.75 Å². The monoisotopic (exact) mass is 711 g/mol. The van der Waals surface area contributed by atoms with Crippen LogP contribution in [0.2, 0.25) is 0 Å². The van der Waals surface area contributed by atoms with Gasteiger partial charge in [-0.3, -0.25) is 27.3 Å². The van der Waals surface area contributed by atoms with Crippen LogP contribution >= 0.6 is 0 Å². The molecule has 0 spiro atoms. The van der Waals surface area contributed by atoms with Gasteiger partial charge in [0.1, 0.15) is 5.75 Å². The van der Waals surface area contributed by atoms with Gasteiger partial charge in [-0.25, -0.2) is 0 Å². The molecule has 0 aliphatic rings. The molecule has 1 N–H and O–H groups in total. The summed E-state index contributed by atoms with van der Waals surface area (Å²) in [6.45, 7) is 3.34. The number of nitrogens with zero attached hydrogens (tertiary/aromatic N) is 3. The van der Waals surface area contributed by atoms with Gasteiger partial charge in [-0.1, -0.05) is 11.1 Å². The maximum absolute atomic E-state index is 14.9. The first-order chi connectivity index (χ1) is 18.0. The molecule has 2 heterocycles. The Labute approximate surface area is 234 Å². The molecule has 39 heavy (non-hydrogen) atoms. The molecular formula is C28H16F4N4O2Pt. The van der Waals surface area contributed by atoms with Crippen molar-refractivity contribution in [3.8, 4) is 40.4 Å². The van der Waals surface area contributed by atoms with Gasteiger partial charge in [-0.05, 0) is 37.4 Å². The summed E-state index contributed by atoms with van der Waals surface area (Å²) in [4.78, 5) is 20.0. The Morgan fingerprint density at radius 2 is 1.49 bits per heavy atom. The number of hydrogen-bond acceptors (Lipinski definition) is 5. The minimum Gasteiger partial charge on any atom is -0.497 e. The number of nitrogens with one attached hydrogen (secondary N) is 1. The Morgan fingerprint density at radius 3 is 2.05 bits per heavy atom. The third-order valence-electron chi connectivity index (χ3n) is 5.98. The van der Waals surface area contributed by atoms with Crippen molar-refractivity contribution in [3.63, 3.8) is 0 Å². The maximum atomic E-state index is 14.9. The van der Waals surface area contributed by atoms with Crippen LogP contribution < -0.4 is 10.2 Å². The van der Waals surface area contributed by atoms with Crippen molar-refractivity contribution in [2.75, 3.05) is 7.11 Å². The average Bonchev–Trinajstić information content (AvgIpc) is 2.88. The minimum absolute atomic E-state index is 0. The summed E-state index contributed by atoms with van der Waals surface area (Å²) in [5.74, 6) is -4.26. The Kier molecular flexibility index (Phi) is 8.43. The predicted octanol–water partition coefficient (Wildman–Crippen LogP) is 5.34. The first-order valence-corrected chi connectivity index (χ1v) is 10.9. The molecule has 0 saturated carbocycles. The fourth-order valence-corrected chi connectivity index (χ4v) is 3.81. The van der Waals surface area contributed by atoms with Crippen molar-refractivity contribution >= 4 is 0 Å². The zero-order valence-corrected chi connectivity index (χ0v) is 22.7. The van der Waals surface area contributed by atoms with Crippen molar-refractivity contribution < 1.29 is 43.4 Å². The number of H-pyrrole nitrogens is 1. The van der Waals surface area contributed by atoms with E-state index in [1.54, 1.807) is 13.8 Å². The second-order valence-corrected chi connectivity index (χ2v) is 8.67. The number of aromatic amines is 1. The van der Waals surface area contributed by atoms with Crippen LogP contribution in [0.4, 0.5) is 17.6 Å². The quantitative estimate of drug-likeness (QED) is 0.223. The molecule has 0 unspecified atom stereocenters.